The van der Waals surface area contributed by atoms with E-state index in [0.717, 1.165) is 0 Å². The Morgan fingerprint density at radius 1 is 1.15 bits per heavy atom. The number of piperidine rings is 1. The van der Waals surface area contributed by atoms with E-state index >= 15 is 0 Å². The standard InChI is InChI=1S/C19H25FN2O4S/c1-2-22(17-9-12-27(25,26)13-17)19(24)15-7-10-21(11-8-15)18(23)14-3-5-16(20)6-4-14/h3-6,15,17H,2,7-13H2,1H3. The van der Waals surface area contributed by atoms with E-state index in [1.165, 1.54) is 24.3 Å². The zero-order valence-corrected chi connectivity index (χ0v) is 16.3. The summed E-state index contributed by atoms with van der Waals surface area (Å²) in [6.45, 7) is 3.30. The van der Waals surface area contributed by atoms with Gasteiger partial charge in [0.05, 0.1) is 11.5 Å². The highest BCUT2D eigenvalue weighted by Gasteiger charge is 2.37. The van der Waals surface area contributed by atoms with Crippen molar-refractivity contribution in [2.24, 2.45) is 5.92 Å². The van der Waals surface area contributed by atoms with Gasteiger partial charge in [0.2, 0.25) is 5.91 Å². The van der Waals surface area contributed by atoms with Crippen molar-refractivity contribution in [1.29, 1.82) is 0 Å². The zero-order valence-electron chi connectivity index (χ0n) is 15.4. The molecule has 2 amide bonds. The van der Waals surface area contributed by atoms with E-state index in [1.807, 2.05) is 6.92 Å². The Morgan fingerprint density at radius 2 is 1.78 bits per heavy atom. The molecule has 2 aliphatic rings. The van der Waals surface area contributed by atoms with E-state index in [1.54, 1.807) is 9.80 Å². The van der Waals surface area contributed by atoms with Gasteiger partial charge in [0.15, 0.2) is 9.84 Å². The molecule has 2 fully saturated rings. The third-order valence-corrected chi connectivity index (χ3v) is 7.25. The second-order valence-corrected chi connectivity index (χ2v) is 9.48. The van der Waals surface area contributed by atoms with Gasteiger partial charge in [-0.05, 0) is 50.5 Å². The molecule has 0 bridgehead atoms. The zero-order chi connectivity index (χ0) is 19.6. The minimum atomic E-state index is -3.04. The van der Waals surface area contributed by atoms with Gasteiger partial charge < -0.3 is 9.80 Å². The van der Waals surface area contributed by atoms with Crippen LogP contribution in [0.3, 0.4) is 0 Å². The number of rotatable bonds is 4. The molecule has 148 valence electrons. The molecule has 8 heteroatoms. The maximum Gasteiger partial charge on any atom is 0.253 e. The molecule has 1 aromatic rings. The molecule has 0 N–H and O–H groups in total. The van der Waals surface area contributed by atoms with Crippen molar-refractivity contribution < 1.29 is 22.4 Å². The molecule has 1 atom stereocenters. The number of hydrogen-bond acceptors (Lipinski definition) is 4. The predicted molar refractivity (Wildman–Crippen MR) is 99.5 cm³/mol. The van der Waals surface area contributed by atoms with Crippen LogP contribution in [0.25, 0.3) is 0 Å². The van der Waals surface area contributed by atoms with Gasteiger partial charge in [-0.3, -0.25) is 9.59 Å². The number of carbonyl (C=O) groups excluding carboxylic acids is 2. The molecular formula is C19H25FN2O4S. The number of hydrogen-bond donors (Lipinski definition) is 0. The lowest BCUT2D eigenvalue weighted by Gasteiger charge is -2.36. The van der Waals surface area contributed by atoms with Crippen LogP contribution in [-0.2, 0) is 14.6 Å². The fraction of sp³-hybridized carbons (Fsp3) is 0.579. The Bertz CT molecular complexity index is 802. The van der Waals surface area contributed by atoms with Crippen LogP contribution in [0, 0.1) is 11.7 Å². The van der Waals surface area contributed by atoms with Crippen LogP contribution in [0.1, 0.15) is 36.5 Å². The van der Waals surface area contributed by atoms with Crippen molar-refractivity contribution in [2.75, 3.05) is 31.1 Å². The van der Waals surface area contributed by atoms with Crippen LogP contribution in [-0.4, -0.2) is 67.2 Å². The maximum atomic E-state index is 13.0. The molecule has 1 unspecified atom stereocenters. The Labute approximate surface area is 159 Å². The van der Waals surface area contributed by atoms with E-state index in [0.29, 0.717) is 44.5 Å². The molecule has 6 nitrogen and oxygen atoms in total. The monoisotopic (exact) mass is 396 g/mol. The van der Waals surface area contributed by atoms with E-state index in [9.17, 15) is 22.4 Å². The Balaban J connectivity index is 1.58. The highest BCUT2D eigenvalue weighted by atomic mass is 32.2. The van der Waals surface area contributed by atoms with Gasteiger partial charge in [-0.1, -0.05) is 0 Å². The van der Waals surface area contributed by atoms with E-state index in [2.05, 4.69) is 0 Å². The number of nitrogens with zero attached hydrogens (tertiary/aromatic N) is 2. The lowest BCUT2D eigenvalue weighted by molar-refractivity contribution is -0.138. The van der Waals surface area contributed by atoms with Crippen LogP contribution in [0.5, 0.6) is 0 Å². The molecule has 2 aliphatic heterocycles. The summed E-state index contributed by atoms with van der Waals surface area (Å²) >= 11 is 0. The van der Waals surface area contributed by atoms with Gasteiger partial charge in [-0.15, -0.1) is 0 Å². The van der Waals surface area contributed by atoms with Gasteiger partial charge in [-0.2, -0.15) is 0 Å². The van der Waals surface area contributed by atoms with E-state index in [4.69, 9.17) is 0 Å². The summed E-state index contributed by atoms with van der Waals surface area (Å²) in [5.41, 5.74) is 0.438. The molecule has 0 spiro atoms. The molecular weight excluding hydrogens is 371 g/mol. The second kappa shape index (κ2) is 7.96. The molecule has 2 saturated heterocycles. The number of sulfone groups is 1. The highest BCUT2D eigenvalue weighted by molar-refractivity contribution is 7.91. The third-order valence-electron chi connectivity index (χ3n) is 5.50. The first kappa shape index (κ1) is 19.8. The maximum absolute atomic E-state index is 13.0. The van der Waals surface area contributed by atoms with Crippen molar-refractivity contribution in [1.82, 2.24) is 9.80 Å². The normalized spacial score (nSPS) is 22.6. The molecule has 0 aromatic heterocycles. The van der Waals surface area contributed by atoms with Crippen LogP contribution < -0.4 is 0 Å². The fourth-order valence-corrected chi connectivity index (χ4v) is 5.68. The number of amides is 2. The minimum absolute atomic E-state index is 0.00604. The molecule has 27 heavy (non-hydrogen) atoms. The topological polar surface area (TPSA) is 74.8 Å². The average Bonchev–Trinajstić information content (AvgIpc) is 3.02. The molecule has 0 radical (unpaired) electrons. The number of halogens is 1. The first-order valence-electron chi connectivity index (χ1n) is 9.36. The lowest BCUT2D eigenvalue weighted by atomic mass is 9.94. The van der Waals surface area contributed by atoms with Gasteiger partial charge >= 0.3 is 0 Å². The third kappa shape index (κ3) is 4.48. The fourth-order valence-electron chi connectivity index (χ4n) is 3.95. The van der Waals surface area contributed by atoms with Crippen LogP contribution in [0.15, 0.2) is 24.3 Å². The largest absolute Gasteiger partial charge is 0.339 e. The number of benzene rings is 1. The first-order valence-corrected chi connectivity index (χ1v) is 11.2. The summed E-state index contributed by atoms with van der Waals surface area (Å²) in [5.74, 6) is -0.542. The minimum Gasteiger partial charge on any atom is -0.339 e. The van der Waals surface area contributed by atoms with Crippen molar-refractivity contribution in [2.45, 2.75) is 32.2 Å². The Kier molecular flexibility index (Phi) is 5.83. The van der Waals surface area contributed by atoms with Crippen LogP contribution in [0.4, 0.5) is 4.39 Å². The second-order valence-electron chi connectivity index (χ2n) is 7.25. The molecule has 3 rings (SSSR count). The SMILES string of the molecule is CCN(C(=O)C1CCN(C(=O)c2ccc(F)cc2)CC1)C1CCS(=O)(=O)C1. The summed E-state index contributed by atoms with van der Waals surface area (Å²) in [6, 6.07) is 5.23. The molecule has 0 saturated carbocycles. The smallest absolute Gasteiger partial charge is 0.253 e. The van der Waals surface area contributed by atoms with Gasteiger partial charge in [0.1, 0.15) is 5.82 Å². The van der Waals surface area contributed by atoms with Crippen molar-refractivity contribution in [3.8, 4) is 0 Å². The molecule has 0 aliphatic carbocycles. The summed E-state index contributed by atoms with van der Waals surface area (Å²) in [5, 5.41) is 0. The highest BCUT2D eigenvalue weighted by Crippen LogP contribution is 2.25. The average molecular weight is 396 g/mol. The van der Waals surface area contributed by atoms with E-state index < -0.39 is 9.84 Å². The summed E-state index contributed by atoms with van der Waals surface area (Å²) < 4.78 is 36.5. The summed E-state index contributed by atoms with van der Waals surface area (Å²) in [4.78, 5) is 28.8. The van der Waals surface area contributed by atoms with Crippen LogP contribution >= 0.6 is 0 Å². The molecule has 1 aromatic carbocycles. The molecule has 2 heterocycles. The number of likely N-dealkylation sites (tertiary alicyclic amines) is 1. The lowest BCUT2D eigenvalue weighted by Crippen LogP contribution is -2.48. The Hall–Kier alpha value is -1.96. The summed E-state index contributed by atoms with van der Waals surface area (Å²) in [6.07, 6.45) is 1.62. The van der Waals surface area contributed by atoms with Crippen molar-refractivity contribution in [3.63, 3.8) is 0 Å². The Morgan fingerprint density at radius 3 is 2.30 bits per heavy atom. The van der Waals surface area contributed by atoms with Gasteiger partial charge in [0, 0.05) is 37.2 Å². The first-order chi connectivity index (χ1) is 12.8. The van der Waals surface area contributed by atoms with Gasteiger partial charge in [-0.25, -0.2) is 12.8 Å². The quantitative estimate of drug-likeness (QED) is 0.777. The van der Waals surface area contributed by atoms with Crippen LogP contribution in [0.2, 0.25) is 0 Å². The van der Waals surface area contributed by atoms with Crippen molar-refractivity contribution in [3.05, 3.63) is 35.6 Å². The van der Waals surface area contributed by atoms with Gasteiger partial charge in [0.25, 0.3) is 5.91 Å². The summed E-state index contributed by atoms with van der Waals surface area (Å²) in [7, 11) is -3.04. The van der Waals surface area contributed by atoms with Crippen molar-refractivity contribution >= 4 is 21.7 Å². The number of carbonyl (C=O) groups is 2. The van der Waals surface area contributed by atoms with E-state index in [-0.39, 0.29) is 41.1 Å². The predicted octanol–water partition coefficient (Wildman–Crippen LogP) is 1.71.